The van der Waals surface area contributed by atoms with Gasteiger partial charge in [-0.05, 0) is 6.08 Å². The number of aliphatic imine (C=N–C) groups is 1. The first kappa shape index (κ1) is 12.1. The van der Waals surface area contributed by atoms with Gasteiger partial charge in [-0.3, -0.25) is 0 Å². The largest absolute Gasteiger partial charge is 0.394 e. The Bertz CT molecular complexity index is 382. The third-order valence-electron chi connectivity index (χ3n) is 2.75. The fourth-order valence-corrected chi connectivity index (χ4v) is 1.83. The van der Waals surface area contributed by atoms with Crippen molar-refractivity contribution in [3.63, 3.8) is 0 Å². The van der Waals surface area contributed by atoms with Crippen molar-refractivity contribution >= 4 is 5.84 Å². The maximum atomic E-state index is 9.81. The SMILES string of the molecule is C=C1N=C(N)C=CN1[C@@H]1O[C@H](CO)[C@H](O)C1O. The van der Waals surface area contributed by atoms with Crippen LogP contribution in [0.4, 0.5) is 0 Å². The molecule has 0 aliphatic carbocycles. The van der Waals surface area contributed by atoms with Gasteiger partial charge in [-0.25, -0.2) is 4.99 Å². The van der Waals surface area contributed by atoms with E-state index in [1.54, 1.807) is 6.20 Å². The van der Waals surface area contributed by atoms with E-state index in [2.05, 4.69) is 11.6 Å². The first-order valence-corrected chi connectivity index (χ1v) is 5.16. The Morgan fingerprint density at radius 3 is 2.71 bits per heavy atom. The summed E-state index contributed by atoms with van der Waals surface area (Å²) in [4.78, 5) is 5.38. The summed E-state index contributed by atoms with van der Waals surface area (Å²) in [5.41, 5.74) is 5.48. The molecule has 2 heterocycles. The standard InChI is InChI=1S/C10H15N3O4/c1-5-12-7(11)2-3-13(5)10-9(16)8(15)6(4-14)17-10/h2-3,6,8-10,14-16H,1,4H2,(H2,11,12)/t6-,8+,9?,10-/m1/s1. The maximum Gasteiger partial charge on any atom is 0.164 e. The minimum absolute atomic E-state index is 0.304. The highest BCUT2D eigenvalue weighted by atomic mass is 16.6. The van der Waals surface area contributed by atoms with Gasteiger partial charge in [0.2, 0.25) is 0 Å². The second kappa shape index (κ2) is 4.46. The molecule has 17 heavy (non-hydrogen) atoms. The van der Waals surface area contributed by atoms with Gasteiger partial charge in [-0.1, -0.05) is 6.58 Å². The molecule has 1 saturated heterocycles. The van der Waals surface area contributed by atoms with Crippen molar-refractivity contribution in [3.05, 3.63) is 24.7 Å². The molecule has 94 valence electrons. The summed E-state index contributed by atoms with van der Waals surface area (Å²) in [7, 11) is 0. The van der Waals surface area contributed by atoms with E-state index in [1.165, 1.54) is 11.0 Å². The van der Waals surface area contributed by atoms with E-state index in [0.29, 0.717) is 11.7 Å². The highest BCUT2D eigenvalue weighted by molar-refractivity contribution is 5.92. The Morgan fingerprint density at radius 1 is 1.47 bits per heavy atom. The molecule has 7 nitrogen and oxygen atoms in total. The molecule has 1 fully saturated rings. The minimum atomic E-state index is -1.15. The molecular weight excluding hydrogens is 226 g/mol. The number of nitrogens with two attached hydrogens (primary N) is 1. The molecule has 2 aliphatic heterocycles. The number of aliphatic hydroxyl groups is 3. The molecular formula is C10H15N3O4. The van der Waals surface area contributed by atoms with Crippen LogP contribution in [0.15, 0.2) is 29.7 Å². The van der Waals surface area contributed by atoms with Gasteiger partial charge >= 0.3 is 0 Å². The van der Waals surface area contributed by atoms with E-state index in [0.717, 1.165) is 0 Å². The van der Waals surface area contributed by atoms with Crippen molar-refractivity contribution in [2.75, 3.05) is 6.61 Å². The Labute approximate surface area is 98.1 Å². The summed E-state index contributed by atoms with van der Waals surface area (Å²) in [6, 6.07) is 0. The summed E-state index contributed by atoms with van der Waals surface area (Å²) >= 11 is 0. The Morgan fingerprint density at radius 2 is 2.18 bits per heavy atom. The summed E-state index contributed by atoms with van der Waals surface area (Å²) in [6.07, 6.45) is -0.853. The van der Waals surface area contributed by atoms with Gasteiger partial charge in [-0.2, -0.15) is 0 Å². The van der Waals surface area contributed by atoms with Crippen LogP contribution in [0, 0.1) is 0 Å². The first-order chi connectivity index (χ1) is 8.04. The lowest BCUT2D eigenvalue weighted by molar-refractivity contribution is -0.0692. The van der Waals surface area contributed by atoms with Crippen LogP contribution in [0.3, 0.4) is 0 Å². The van der Waals surface area contributed by atoms with E-state index in [9.17, 15) is 10.2 Å². The van der Waals surface area contributed by atoms with Crippen LogP contribution in [0.5, 0.6) is 0 Å². The number of nitrogens with zero attached hydrogens (tertiary/aromatic N) is 2. The van der Waals surface area contributed by atoms with Crippen molar-refractivity contribution in [1.29, 1.82) is 0 Å². The highest BCUT2D eigenvalue weighted by Crippen LogP contribution is 2.27. The van der Waals surface area contributed by atoms with Crippen molar-refractivity contribution in [2.24, 2.45) is 10.7 Å². The van der Waals surface area contributed by atoms with Crippen LogP contribution in [-0.2, 0) is 4.74 Å². The van der Waals surface area contributed by atoms with Gasteiger partial charge in [0.05, 0.1) is 6.61 Å². The molecule has 0 radical (unpaired) electrons. The van der Waals surface area contributed by atoms with E-state index in [4.69, 9.17) is 15.6 Å². The maximum absolute atomic E-state index is 9.81. The number of hydrogen-bond donors (Lipinski definition) is 4. The topological polar surface area (TPSA) is 112 Å². The van der Waals surface area contributed by atoms with Gasteiger partial charge in [-0.15, -0.1) is 0 Å². The van der Waals surface area contributed by atoms with E-state index >= 15 is 0 Å². The lowest BCUT2D eigenvalue weighted by atomic mass is 10.1. The van der Waals surface area contributed by atoms with Crippen LogP contribution < -0.4 is 5.73 Å². The average molecular weight is 241 g/mol. The number of ether oxygens (including phenoxy) is 1. The molecule has 4 atom stereocenters. The summed E-state index contributed by atoms with van der Waals surface area (Å²) in [5.74, 6) is 0.609. The summed E-state index contributed by atoms with van der Waals surface area (Å²) < 4.78 is 5.33. The van der Waals surface area contributed by atoms with Gasteiger partial charge < -0.3 is 30.7 Å². The average Bonchev–Trinajstić information content (AvgIpc) is 2.57. The van der Waals surface area contributed by atoms with E-state index in [-0.39, 0.29) is 6.61 Å². The molecule has 2 rings (SSSR count). The summed E-state index contributed by atoms with van der Waals surface area (Å²) in [6.45, 7) is 3.30. The molecule has 0 bridgehead atoms. The fraction of sp³-hybridized carbons (Fsp3) is 0.500. The Kier molecular flexibility index (Phi) is 3.16. The molecule has 2 aliphatic rings. The lowest BCUT2D eigenvalue weighted by Crippen LogP contribution is -2.41. The van der Waals surface area contributed by atoms with Gasteiger partial charge in [0.15, 0.2) is 6.23 Å². The fourth-order valence-electron chi connectivity index (χ4n) is 1.83. The predicted molar refractivity (Wildman–Crippen MR) is 59.5 cm³/mol. The minimum Gasteiger partial charge on any atom is -0.394 e. The van der Waals surface area contributed by atoms with Crippen LogP contribution in [0.1, 0.15) is 0 Å². The normalized spacial score (nSPS) is 37.5. The second-order valence-electron chi connectivity index (χ2n) is 3.90. The van der Waals surface area contributed by atoms with Crippen LogP contribution in [0.2, 0.25) is 0 Å². The third-order valence-corrected chi connectivity index (χ3v) is 2.75. The van der Waals surface area contributed by atoms with E-state index < -0.39 is 24.5 Å². The van der Waals surface area contributed by atoms with Crippen molar-refractivity contribution in [1.82, 2.24) is 4.90 Å². The molecule has 0 aromatic carbocycles. The lowest BCUT2D eigenvalue weighted by Gasteiger charge is -2.30. The molecule has 0 amide bonds. The molecule has 1 unspecified atom stereocenters. The Balaban J connectivity index is 2.15. The van der Waals surface area contributed by atoms with Gasteiger partial charge in [0.1, 0.15) is 30.0 Å². The number of aliphatic hydroxyl groups excluding tert-OH is 3. The van der Waals surface area contributed by atoms with Crippen molar-refractivity contribution < 1.29 is 20.1 Å². The molecule has 7 heteroatoms. The Hall–Kier alpha value is -1.41. The highest BCUT2D eigenvalue weighted by Gasteiger charge is 2.45. The second-order valence-corrected chi connectivity index (χ2v) is 3.90. The third kappa shape index (κ3) is 2.05. The van der Waals surface area contributed by atoms with Crippen molar-refractivity contribution in [2.45, 2.75) is 24.5 Å². The van der Waals surface area contributed by atoms with Gasteiger partial charge in [0.25, 0.3) is 0 Å². The van der Waals surface area contributed by atoms with Crippen LogP contribution in [0.25, 0.3) is 0 Å². The molecule has 0 aromatic heterocycles. The quantitative estimate of drug-likeness (QED) is 0.448. The number of hydrogen-bond acceptors (Lipinski definition) is 7. The van der Waals surface area contributed by atoms with Gasteiger partial charge in [0, 0.05) is 6.20 Å². The molecule has 0 spiro atoms. The molecule has 0 aromatic rings. The van der Waals surface area contributed by atoms with E-state index in [1.807, 2.05) is 0 Å². The smallest absolute Gasteiger partial charge is 0.164 e. The van der Waals surface area contributed by atoms with Crippen LogP contribution in [-0.4, -0.2) is 57.2 Å². The molecule has 5 N–H and O–H groups in total. The molecule has 0 saturated carbocycles. The van der Waals surface area contributed by atoms with Crippen LogP contribution >= 0.6 is 0 Å². The van der Waals surface area contributed by atoms with Crippen molar-refractivity contribution in [3.8, 4) is 0 Å². The summed E-state index contributed by atoms with van der Waals surface area (Å²) in [5, 5.41) is 28.4. The number of amidine groups is 1. The predicted octanol–water partition coefficient (Wildman–Crippen LogP) is -1.92. The zero-order valence-electron chi connectivity index (χ0n) is 9.10. The first-order valence-electron chi connectivity index (χ1n) is 5.16. The monoisotopic (exact) mass is 241 g/mol. The number of rotatable bonds is 2. The zero-order valence-corrected chi connectivity index (χ0v) is 9.10. The zero-order chi connectivity index (χ0) is 12.6.